The van der Waals surface area contributed by atoms with E-state index in [0.29, 0.717) is 11.9 Å². The van der Waals surface area contributed by atoms with E-state index in [4.69, 9.17) is 16.3 Å². The lowest BCUT2D eigenvalue weighted by Crippen LogP contribution is -2.15. The van der Waals surface area contributed by atoms with Gasteiger partial charge in [0.25, 0.3) is 0 Å². The van der Waals surface area contributed by atoms with E-state index < -0.39 is 0 Å². The average Bonchev–Trinajstić information content (AvgIpc) is 3.24. The van der Waals surface area contributed by atoms with Gasteiger partial charge in [0.1, 0.15) is 0 Å². The standard InChI is InChI=1S/C14H19ClN2O/c15-13-9-17-14(18-6-5-10-1-2-10)7-11(13)8-16-12-3-4-12/h7,9-10,12,16H,1-6,8H2. The second-order valence-electron chi connectivity index (χ2n) is 5.35. The van der Waals surface area contributed by atoms with Crippen LogP contribution in [0.4, 0.5) is 0 Å². The Kier molecular flexibility index (Phi) is 3.71. The van der Waals surface area contributed by atoms with Gasteiger partial charge in [-0.1, -0.05) is 24.4 Å². The van der Waals surface area contributed by atoms with Crippen molar-refractivity contribution in [3.8, 4) is 5.88 Å². The predicted octanol–water partition coefficient (Wildman–Crippen LogP) is 3.17. The molecule has 0 saturated heterocycles. The van der Waals surface area contributed by atoms with Gasteiger partial charge in [0.05, 0.1) is 11.6 Å². The van der Waals surface area contributed by atoms with Crippen LogP contribution in [0, 0.1) is 5.92 Å². The van der Waals surface area contributed by atoms with E-state index in [-0.39, 0.29) is 0 Å². The van der Waals surface area contributed by atoms with Crippen molar-refractivity contribution in [2.75, 3.05) is 6.61 Å². The molecule has 0 amide bonds. The molecule has 0 aliphatic heterocycles. The molecule has 1 aromatic rings. The van der Waals surface area contributed by atoms with Crippen molar-refractivity contribution in [1.29, 1.82) is 0 Å². The molecule has 0 bridgehead atoms. The van der Waals surface area contributed by atoms with Gasteiger partial charge in [0.15, 0.2) is 0 Å². The molecule has 3 rings (SSSR count). The van der Waals surface area contributed by atoms with Gasteiger partial charge in [-0.3, -0.25) is 0 Å². The van der Waals surface area contributed by atoms with Crippen LogP contribution < -0.4 is 10.1 Å². The van der Waals surface area contributed by atoms with Crippen LogP contribution in [-0.2, 0) is 6.54 Å². The third-order valence-corrected chi connectivity index (χ3v) is 3.88. The van der Waals surface area contributed by atoms with Gasteiger partial charge in [-0.25, -0.2) is 4.98 Å². The first-order valence-corrected chi connectivity index (χ1v) is 7.19. The van der Waals surface area contributed by atoms with Crippen LogP contribution in [0.2, 0.25) is 5.02 Å². The van der Waals surface area contributed by atoms with E-state index in [1.54, 1.807) is 6.20 Å². The van der Waals surface area contributed by atoms with Crippen LogP contribution in [0.1, 0.15) is 37.7 Å². The molecule has 2 aliphatic carbocycles. The van der Waals surface area contributed by atoms with Crippen LogP contribution in [0.5, 0.6) is 5.88 Å². The normalized spacial score (nSPS) is 18.9. The van der Waals surface area contributed by atoms with Crippen molar-refractivity contribution >= 4 is 11.6 Å². The second-order valence-corrected chi connectivity index (χ2v) is 5.76. The quantitative estimate of drug-likeness (QED) is 0.823. The zero-order valence-corrected chi connectivity index (χ0v) is 11.2. The molecular weight excluding hydrogens is 248 g/mol. The number of pyridine rings is 1. The average molecular weight is 267 g/mol. The summed E-state index contributed by atoms with van der Waals surface area (Å²) in [4.78, 5) is 4.22. The van der Waals surface area contributed by atoms with Gasteiger partial charge in [-0.2, -0.15) is 0 Å². The number of nitrogens with one attached hydrogen (secondary N) is 1. The number of hydrogen-bond acceptors (Lipinski definition) is 3. The fourth-order valence-electron chi connectivity index (χ4n) is 1.95. The monoisotopic (exact) mass is 266 g/mol. The zero-order valence-electron chi connectivity index (χ0n) is 10.5. The first-order valence-electron chi connectivity index (χ1n) is 6.82. The molecule has 1 aromatic heterocycles. The minimum absolute atomic E-state index is 0.688. The number of rotatable bonds is 7. The Bertz CT molecular complexity index is 416. The van der Waals surface area contributed by atoms with E-state index in [2.05, 4.69) is 10.3 Å². The highest BCUT2D eigenvalue weighted by atomic mass is 35.5. The van der Waals surface area contributed by atoms with Gasteiger partial charge in [0, 0.05) is 24.8 Å². The number of hydrogen-bond donors (Lipinski definition) is 1. The van der Waals surface area contributed by atoms with Crippen molar-refractivity contribution in [2.45, 2.75) is 44.7 Å². The summed E-state index contributed by atoms with van der Waals surface area (Å²) in [6.45, 7) is 1.58. The molecule has 0 atom stereocenters. The SMILES string of the molecule is Clc1cnc(OCCC2CC2)cc1CNC1CC1. The molecule has 18 heavy (non-hydrogen) atoms. The van der Waals surface area contributed by atoms with Crippen LogP contribution in [0.15, 0.2) is 12.3 Å². The molecule has 0 radical (unpaired) electrons. The topological polar surface area (TPSA) is 34.1 Å². The maximum atomic E-state index is 6.14. The van der Waals surface area contributed by atoms with E-state index in [0.717, 1.165) is 36.1 Å². The molecule has 1 N–H and O–H groups in total. The number of halogens is 1. The number of ether oxygens (including phenoxy) is 1. The Morgan fingerprint density at radius 1 is 1.33 bits per heavy atom. The summed E-state index contributed by atoms with van der Waals surface area (Å²) in [6, 6.07) is 2.65. The summed E-state index contributed by atoms with van der Waals surface area (Å²) in [7, 11) is 0. The number of aromatic nitrogens is 1. The molecule has 4 heteroatoms. The van der Waals surface area contributed by atoms with Gasteiger partial charge < -0.3 is 10.1 Å². The first-order chi connectivity index (χ1) is 8.81. The Morgan fingerprint density at radius 2 is 2.17 bits per heavy atom. The minimum atomic E-state index is 0.688. The highest BCUT2D eigenvalue weighted by Gasteiger charge is 2.21. The summed E-state index contributed by atoms with van der Waals surface area (Å²) in [5.41, 5.74) is 1.08. The Balaban J connectivity index is 1.53. The number of nitrogens with zero attached hydrogens (tertiary/aromatic N) is 1. The van der Waals surface area contributed by atoms with Gasteiger partial charge in [-0.15, -0.1) is 0 Å². The Labute approximate surface area is 113 Å². The third-order valence-electron chi connectivity index (χ3n) is 3.54. The van der Waals surface area contributed by atoms with E-state index in [9.17, 15) is 0 Å². The highest BCUT2D eigenvalue weighted by molar-refractivity contribution is 6.31. The summed E-state index contributed by atoms with van der Waals surface area (Å²) < 4.78 is 5.68. The third kappa shape index (κ3) is 3.59. The maximum absolute atomic E-state index is 6.14. The predicted molar refractivity (Wildman–Crippen MR) is 71.9 cm³/mol. The van der Waals surface area contributed by atoms with Gasteiger partial charge in [0.2, 0.25) is 5.88 Å². The van der Waals surface area contributed by atoms with Crippen LogP contribution in [-0.4, -0.2) is 17.6 Å². The van der Waals surface area contributed by atoms with Gasteiger partial charge in [-0.05, 0) is 30.7 Å². The molecular formula is C14H19ClN2O. The molecule has 3 nitrogen and oxygen atoms in total. The molecule has 1 heterocycles. The zero-order chi connectivity index (χ0) is 12.4. The molecule has 98 valence electrons. The smallest absolute Gasteiger partial charge is 0.213 e. The Morgan fingerprint density at radius 3 is 2.89 bits per heavy atom. The summed E-state index contributed by atoms with van der Waals surface area (Å²) in [6.07, 6.45) is 8.15. The van der Waals surface area contributed by atoms with Crippen molar-refractivity contribution in [3.05, 3.63) is 22.8 Å². The fraction of sp³-hybridized carbons (Fsp3) is 0.643. The van der Waals surface area contributed by atoms with Crippen molar-refractivity contribution < 1.29 is 4.74 Å². The largest absolute Gasteiger partial charge is 0.478 e. The molecule has 0 aromatic carbocycles. The molecule has 2 fully saturated rings. The van der Waals surface area contributed by atoms with Gasteiger partial charge >= 0.3 is 0 Å². The second kappa shape index (κ2) is 5.45. The first kappa shape index (κ1) is 12.2. The molecule has 0 spiro atoms. The molecule has 2 saturated carbocycles. The van der Waals surface area contributed by atoms with Crippen LogP contribution in [0.25, 0.3) is 0 Å². The van der Waals surface area contributed by atoms with Crippen molar-refractivity contribution in [3.63, 3.8) is 0 Å². The van der Waals surface area contributed by atoms with Crippen molar-refractivity contribution in [2.24, 2.45) is 5.92 Å². The van der Waals surface area contributed by atoms with Crippen LogP contribution >= 0.6 is 11.6 Å². The van der Waals surface area contributed by atoms with Crippen molar-refractivity contribution in [1.82, 2.24) is 10.3 Å². The van der Waals surface area contributed by atoms with E-state index in [1.807, 2.05) is 6.07 Å². The summed E-state index contributed by atoms with van der Waals surface area (Å²) >= 11 is 6.14. The van der Waals surface area contributed by atoms with E-state index >= 15 is 0 Å². The fourth-order valence-corrected chi connectivity index (χ4v) is 2.12. The van der Waals surface area contributed by atoms with E-state index in [1.165, 1.54) is 25.7 Å². The maximum Gasteiger partial charge on any atom is 0.213 e. The lowest BCUT2D eigenvalue weighted by atomic mass is 10.2. The summed E-state index contributed by atoms with van der Waals surface area (Å²) in [5, 5.41) is 4.18. The van der Waals surface area contributed by atoms with Crippen LogP contribution in [0.3, 0.4) is 0 Å². The molecule has 0 unspecified atom stereocenters. The molecule has 2 aliphatic rings. The highest BCUT2D eigenvalue weighted by Crippen LogP contribution is 2.32. The summed E-state index contributed by atoms with van der Waals surface area (Å²) in [5.74, 6) is 1.60. The Hall–Kier alpha value is -0.800. The lowest BCUT2D eigenvalue weighted by molar-refractivity contribution is 0.291. The minimum Gasteiger partial charge on any atom is -0.478 e. The lowest BCUT2D eigenvalue weighted by Gasteiger charge is -2.09.